The topological polar surface area (TPSA) is 30.7 Å². The number of rotatable bonds is 3. The summed E-state index contributed by atoms with van der Waals surface area (Å²) in [6, 6.07) is 6.81. The molecule has 0 bridgehead atoms. The summed E-state index contributed by atoms with van der Waals surface area (Å²) in [7, 11) is 0. The molecular formula is C14H9Br2ClFN3. The number of hydrogen-bond acceptors (Lipinski definition) is 2. The van der Waals surface area contributed by atoms with Gasteiger partial charge in [0.1, 0.15) is 17.2 Å². The zero-order valence-corrected chi connectivity index (χ0v) is 14.6. The number of hydrogen-bond donors (Lipinski definition) is 0. The van der Waals surface area contributed by atoms with Crippen molar-refractivity contribution in [2.45, 2.75) is 6.42 Å². The summed E-state index contributed by atoms with van der Waals surface area (Å²) in [6.45, 7) is 0. The van der Waals surface area contributed by atoms with Gasteiger partial charge in [0.05, 0.1) is 10.2 Å². The molecule has 0 fully saturated rings. The SMILES string of the molecule is Fc1cc(-n2c(CCCl)nc3cc(Br)cnc32)ccc1Br. The Morgan fingerprint density at radius 1 is 1.24 bits per heavy atom. The highest BCUT2D eigenvalue weighted by Gasteiger charge is 2.14. The predicted molar refractivity (Wildman–Crippen MR) is 88.6 cm³/mol. The largest absolute Gasteiger partial charge is 0.281 e. The number of nitrogens with zero attached hydrogens (tertiary/aromatic N) is 3. The number of benzene rings is 1. The van der Waals surface area contributed by atoms with Crippen molar-refractivity contribution < 1.29 is 4.39 Å². The number of alkyl halides is 1. The number of aryl methyl sites for hydroxylation is 1. The first-order valence-corrected chi connectivity index (χ1v) is 8.26. The fourth-order valence-electron chi connectivity index (χ4n) is 2.13. The summed E-state index contributed by atoms with van der Waals surface area (Å²) < 4.78 is 16.9. The van der Waals surface area contributed by atoms with E-state index in [0.717, 1.165) is 15.8 Å². The van der Waals surface area contributed by atoms with Gasteiger partial charge in [-0.2, -0.15) is 0 Å². The number of imidazole rings is 1. The van der Waals surface area contributed by atoms with Gasteiger partial charge in [-0.15, -0.1) is 11.6 Å². The number of halogens is 4. The second-order valence-corrected chi connectivity index (χ2v) is 6.55. The van der Waals surface area contributed by atoms with E-state index in [0.29, 0.717) is 28.1 Å². The normalized spacial score (nSPS) is 11.2. The van der Waals surface area contributed by atoms with Crippen molar-refractivity contribution in [1.29, 1.82) is 0 Å². The minimum atomic E-state index is -0.330. The van der Waals surface area contributed by atoms with Crippen LogP contribution in [-0.2, 0) is 6.42 Å². The number of pyridine rings is 1. The van der Waals surface area contributed by atoms with Gasteiger partial charge in [-0.3, -0.25) is 4.57 Å². The third kappa shape index (κ3) is 2.84. The average molecular weight is 434 g/mol. The van der Waals surface area contributed by atoms with E-state index >= 15 is 0 Å². The maximum absolute atomic E-state index is 13.8. The summed E-state index contributed by atoms with van der Waals surface area (Å²) in [6.07, 6.45) is 2.27. The van der Waals surface area contributed by atoms with E-state index in [9.17, 15) is 4.39 Å². The molecule has 0 saturated carbocycles. The molecule has 3 nitrogen and oxygen atoms in total. The van der Waals surface area contributed by atoms with Crippen molar-refractivity contribution in [2.75, 3.05) is 5.88 Å². The molecule has 21 heavy (non-hydrogen) atoms. The van der Waals surface area contributed by atoms with Crippen LogP contribution in [0.15, 0.2) is 39.4 Å². The Kier molecular flexibility index (Phi) is 4.28. The number of fused-ring (bicyclic) bond motifs is 1. The van der Waals surface area contributed by atoms with Crippen LogP contribution in [0.1, 0.15) is 5.82 Å². The van der Waals surface area contributed by atoms with E-state index in [-0.39, 0.29) is 5.82 Å². The van der Waals surface area contributed by atoms with Crippen molar-refractivity contribution in [2.24, 2.45) is 0 Å². The summed E-state index contributed by atoms with van der Waals surface area (Å²) in [4.78, 5) is 8.93. The molecule has 0 atom stereocenters. The molecule has 0 amide bonds. The van der Waals surface area contributed by atoms with Gasteiger partial charge in [-0.05, 0) is 56.1 Å². The molecule has 3 rings (SSSR count). The van der Waals surface area contributed by atoms with Crippen LogP contribution in [0.3, 0.4) is 0 Å². The van der Waals surface area contributed by atoms with Crippen molar-refractivity contribution in [3.63, 3.8) is 0 Å². The molecule has 0 unspecified atom stereocenters. The van der Waals surface area contributed by atoms with E-state index in [1.807, 2.05) is 16.7 Å². The van der Waals surface area contributed by atoms with Gasteiger partial charge in [0.2, 0.25) is 0 Å². The Morgan fingerprint density at radius 3 is 2.76 bits per heavy atom. The number of aromatic nitrogens is 3. The van der Waals surface area contributed by atoms with Crippen LogP contribution in [-0.4, -0.2) is 20.4 Å². The van der Waals surface area contributed by atoms with Crippen molar-refractivity contribution in [3.05, 3.63) is 51.0 Å². The van der Waals surface area contributed by atoms with E-state index in [2.05, 4.69) is 41.8 Å². The molecule has 1 aromatic carbocycles. The Hall–Kier alpha value is -0.980. The molecule has 0 saturated heterocycles. The van der Waals surface area contributed by atoms with Crippen molar-refractivity contribution in [3.8, 4) is 5.69 Å². The molecule has 108 valence electrons. The third-order valence-corrected chi connectivity index (χ3v) is 4.28. The molecular weight excluding hydrogens is 424 g/mol. The lowest BCUT2D eigenvalue weighted by molar-refractivity contribution is 0.619. The van der Waals surface area contributed by atoms with E-state index < -0.39 is 0 Å². The highest BCUT2D eigenvalue weighted by Crippen LogP contribution is 2.25. The van der Waals surface area contributed by atoms with Crippen LogP contribution in [0.2, 0.25) is 0 Å². The molecule has 0 radical (unpaired) electrons. The Bertz CT molecular complexity index is 819. The highest BCUT2D eigenvalue weighted by atomic mass is 79.9. The van der Waals surface area contributed by atoms with Crippen molar-refractivity contribution >= 4 is 54.6 Å². The summed E-state index contributed by atoms with van der Waals surface area (Å²) in [5.41, 5.74) is 2.10. The van der Waals surface area contributed by atoms with Crippen LogP contribution < -0.4 is 0 Å². The molecule has 0 spiro atoms. The second-order valence-electron chi connectivity index (χ2n) is 4.40. The maximum atomic E-state index is 13.8. The quantitative estimate of drug-likeness (QED) is 0.552. The predicted octanol–water partition coefficient (Wildman–Crippen LogP) is 4.87. The lowest BCUT2D eigenvalue weighted by Gasteiger charge is -2.08. The molecule has 0 aliphatic carbocycles. The Balaban J connectivity index is 2.27. The lowest BCUT2D eigenvalue weighted by Crippen LogP contribution is -2.03. The van der Waals surface area contributed by atoms with Crippen molar-refractivity contribution in [1.82, 2.24) is 14.5 Å². The second kappa shape index (κ2) is 6.02. The highest BCUT2D eigenvalue weighted by molar-refractivity contribution is 9.10. The van der Waals surface area contributed by atoms with Gasteiger partial charge in [-0.1, -0.05) is 0 Å². The van der Waals surface area contributed by atoms with Gasteiger partial charge in [-0.25, -0.2) is 14.4 Å². The zero-order valence-electron chi connectivity index (χ0n) is 10.7. The lowest BCUT2D eigenvalue weighted by atomic mass is 10.3. The van der Waals surface area contributed by atoms with E-state index in [1.165, 1.54) is 6.07 Å². The summed E-state index contributed by atoms with van der Waals surface area (Å²) in [5.74, 6) is 0.861. The van der Waals surface area contributed by atoms with Gasteiger partial charge >= 0.3 is 0 Å². The molecule has 2 aromatic heterocycles. The molecule has 7 heteroatoms. The molecule has 0 aliphatic rings. The minimum absolute atomic E-state index is 0.330. The standard InChI is InChI=1S/C14H9Br2ClFN3/c15-8-5-12-14(19-7-8)21(13(20-12)3-4-17)9-1-2-10(16)11(18)6-9/h1-2,5-7H,3-4H2. The van der Waals surface area contributed by atoms with Crippen LogP contribution >= 0.6 is 43.5 Å². The fourth-order valence-corrected chi connectivity index (χ4v) is 2.87. The zero-order chi connectivity index (χ0) is 15.0. The van der Waals surface area contributed by atoms with Gasteiger partial charge in [0.15, 0.2) is 5.65 Å². The third-order valence-electron chi connectivity index (χ3n) is 3.01. The van der Waals surface area contributed by atoms with Gasteiger partial charge in [0, 0.05) is 23.0 Å². The van der Waals surface area contributed by atoms with Crippen LogP contribution in [0, 0.1) is 5.82 Å². The molecule has 0 aliphatic heterocycles. The fraction of sp³-hybridized carbons (Fsp3) is 0.143. The Morgan fingerprint density at radius 2 is 2.05 bits per heavy atom. The Labute approximate surface area is 142 Å². The summed E-state index contributed by atoms with van der Waals surface area (Å²) >= 11 is 12.4. The first-order valence-electron chi connectivity index (χ1n) is 6.14. The smallest absolute Gasteiger partial charge is 0.164 e. The average Bonchev–Trinajstić information content (AvgIpc) is 2.79. The van der Waals surface area contributed by atoms with E-state index in [4.69, 9.17) is 11.6 Å². The van der Waals surface area contributed by atoms with Gasteiger partial charge < -0.3 is 0 Å². The van der Waals surface area contributed by atoms with Gasteiger partial charge in [0.25, 0.3) is 0 Å². The van der Waals surface area contributed by atoms with Crippen LogP contribution in [0.4, 0.5) is 4.39 Å². The van der Waals surface area contributed by atoms with Crippen LogP contribution in [0.25, 0.3) is 16.9 Å². The first-order chi connectivity index (χ1) is 10.1. The molecule has 2 heterocycles. The van der Waals surface area contributed by atoms with E-state index in [1.54, 1.807) is 12.3 Å². The minimum Gasteiger partial charge on any atom is -0.281 e. The molecule has 3 aromatic rings. The maximum Gasteiger partial charge on any atom is 0.164 e. The first kappa shape index (κ1) is 14.9. The van der Waals surface area contributed by atoms with Crippen LogP contribution in [0.5, 0.6) is 0 Å². The monoisotopic (exact) mass is 431 g/mol. The molecule has 0 N–H and O–H groups in total. The summed E-state index contributed by atoms with van der Waals surface area (Å²) in [5, 5.41) is 0.